The Bertz CT molecular complexity index is 1300. The summed E-state index contributed by atoms with van der Waals surface area (Å²) < 4.78 is 51.0. The van der Waals surface area contributed by atoms with Crippen molar-refractivity contribution in [1.82, 2.24) is 4.98 Å². The molecule has 5 N–H and O–H groups in total. The van der Waals surface area contributed by atoms with Crippen LogP contribution >= 0.6 is 0 Å². The summed E-state index contributed by atoms with van der Waals surface area (Å²) in [6.07, 6.45) is -0.458. The number of amides is 1. The molecule has 1 saturated heterocycles. The van der Waals surface area contributed by atoms with E-state index >= 15 is 0 Å². The molecular formula is C21H21F2N5O3S. The van der Waals surface area contributed by atoms with Crippen LogP contribution in [0, 0.1) is 0 Å². The molecule has 1 amide bonds. The van der Waals surface area contributed by atoms with Crippen molar-refractivity contribution in [3.63, 3.8) is 0 Å². The highest BCUT2D eigenvalue weighted by molar-refractivity contribution is 7.89. The number of piperidine rings is 1. The van der Waals surface area contributed by atoms with Gasteiger partial charge in [0.1, 0.15) is 5.82 Å². The Morgan fingerprint density at radius 2 is 1.91 bits per heavy atom. The molecule has 168 valence electrons. The van der Waals surface area contributed by atoms with Gasteiger partial charge in [-0.2, -0.15) is 0 Å². The van der Waals surface area contributed by atoms with Gasteiger partial charge in [-0.1, -0.05) is 24.3 Å². The third-order valence-corrected chi connectivity index (χ3v) is 6.25. The van der Waals surface area contributed by atoms with E-state index in [1.807, 2.05) is 0 Å². The van der Waals surface area contributed by atoms with Crippen molar-refractivity contribution in [2.24, 2.45) is 10.9 Å². The smallest absolute Gasteiger partial charge is 0.266 e. The van der Waals surface area contributed by atoms with Crippen molar-refractivity contribution in [2.75, 3.05) is 23.3 Å². The van der Waals surface area contributed by atoms with Gasteiger partial charge in [-0.05, 0) is 30.3 Å². The molecule has 32 heavy (non-hydrogen) atoms. The van der Waals surface area contributed by atoms with Crippen LogP contribution in [-0.2, 0) is 10.0 Å². The summed E-state index contributed by atoms with van der Waals surface area (Å²) in [5, 5.41) is 8.48. The van der Waals surface area contributed by atoms with Gasteiger partial charge in [-0.25, -0.2) is 27.3 Å². The number of primary sulfonamides is 1. The van der Waals surface area contributed by atoms with Gasteiger partial charge in [-0.15, -0.1) is 0 Å². The molecule has 0 aliphatic carbocycles. The maximum atomic E-state index is 13.9. The Morgan fingerprint density at radius 3 is 2.62 bits per heavy atom. The molecule has 0 radical (unpaired) electrons. The lowest BCUT2D eigenvalue weighted by Crippen LogP contribution is -2.55. The van der Waals surface area contributed by atoms with E-state index in [0.717, 1.165) is 0 Å². The van der Waals surface area contributed by atoms with E-state index in [4.69, 9.17) is 10.9 Å². The first-order valence-electron chi connectivity index (χ1n) is 9.77. The second-order valence-electron chi connectivity index (χ2n) is 7.64. The van der Waals surface area contributed by atoms with Gasteiger partial charge in [0.05, 0.1) is 22.0 Å². The lowest BCUT2D eigenvalue weighted by atomic mass is 10.0. The zero-order chi connectivity index (χ0) is 23.1. The van der Waals surface area contributed by atoms with Gasteiger partial charge in [-0.3, -0.25) is 4.79 Å². The molecule has 0 bridgehead atoms. The van der Waals surface area contributed by atoms with Crippen LogP contribution in [-0.4, -0.2) is 44.4 Å². The van der Waals surface area contributed by atoms with Crippen molar-refractivity contribution >= 4 is 38.3 Å². The number of nitrogens with one attached hydrogen (secondary N) is 1. The number of carbonyl (C=O) groups excluding carboxylic acids is 1. The fourth-order valence-electron chi connectivity index (χ4n) is 3.59. The Kier molecular flexibility index (Phi) is 5.57. The molecule has 1 aliphatic heterocycles. The number of sulfonamides is 1. The van der Waals surface area contributed by atoms with Crippen LogP contribution in [0.5, 0.6) is 0 Å². The molecule has 0 unspecified atom stereocenters. The van der Waals surface area contributed by atoms with Gasteiger partial charge in [0.25, 0.3) is 11.8 Å². The number of aromatic nitrogens is 1. The number of fused-ring (bicyclic) bond motifs is 1. The molecule has 1 aliphatic rings. The molecule has 2 heterocycles. The van der Waals surface area contributed by atoms with Crippen molar-refractivity contribution in [2.45, 2.75) is 23.3 Å². The van der Waals surface area contributed by atoms with Gasteiger partial charge in [0.2, 0.25) is 10.0 Å². The predicted molar refractivity (Wildman–Crippen MR) is 117 cm³/mol. The number of alkyl halides is 2. The number of pyridine rings is 1. The third-order valence-electron chi connectivity index (χ3n) is 5.34. The number of nitrogens with zero attached hydrogens (tertiary/aromatic N) is 2. The summed E-state index contributed by atoms with van der Waals surface area (Å²) in [6.45, 7) is -0.188. The van der Waals surface area contributed by atoms with Crippen LogP contribution < -0.4 is 21.1 Å². The van der Waals surface area contributed by atoms with E-state index in [0.29, 0.717) is 10.9 Å². The molecule has 4 rings (SSSR count). The van der Waals surface area contributed by atoms with E-state index in [1.165, 1.54) is 24.3 Å². The second kappa shape index (κ2) is 8.08. The molecule has 1 aromatic heterocycles. The largest absolute Gasteiger partial charge is 0.354 e. The number of para-hydroxylation sites is 1. The maximum absolute atomic E-state index is 13.9. The molecule has 11 heteroatoms. The molecular weight excluding hydrogens is 440 g/mol. The maximum Gasteiger partial charge on any atom is 0.266 e. The summed E-state index contributed by atoms with van der Waals surface area (Å²) in [4.78, 5) is 19.1. The summed E-state index contributed by atoms with van der Waals surface area (Å²) in [5.41, 5.74) is 6.64. The number of anilines is 2. The number of hydrogen-bond donors (Lipinski definition) is 3. The van der Waals surface area contributed by atoms with E-state index < -0.39 is 34.3 Å². The Morgan fingerprint density at radius 1 is 1.16 bits per heavy atom. The van der Waals surface area contributed by atoms with E-state index in [-0.39, 0.29) is 35.1 Å². The first kappa shape index (κ1) is 22.1. The van der Waals surface area contributed by atoms with E-state index in [1.54, 1.807) is 35.2 Å². The standard InChI is InChI=1S/C21H21F2N5O3S/c22-21(23)8-9-28(12-18(21)24)19-16(10-13-4-1-2-7-17(13)27-19)20(29)26-14-5-3-6-15(11-14)32(25,30)31/h1-7,10-11,18H,8-9,12,24H2,(H,26,29)(H2,25,30,31)/t18-/m1/s1. The Balaban J connectivity index is 1.73. The summed E-state index contributed by atoms with van der Waals surface area (Å²) in [5.74, 6) is -3.34. The minimum atomic E-state index is -3.95. The number of benzene rings is 2. The van der Waals surface area contributed by atoms with Crippen LogP contribution in [0.2, 0.25) is 0 Å². The molecule has 3 aromatic rings. The van der Waals surface area contributed by atoms with Crippen LogP contribution in [0.1, 0.15) is 16.8 Å². The summed E-state index contributed by atoms with van der Waals surface area (Å²) in [6, 6.07) is 12.8. The zero-order valence-corrected chi connectivity index (χ0v) is 17.6. The van der Waals surface area contributed by atoms with Crippen LogP contribution in [0.15, 0.2) is 59.5 Å². The molecule has 2 aromatic carbocycles. The molecule has 1 atom stereocenters. The van der Waals surface area contributed by atoms with Crippen LogP contribution in [0.3, 0.4) is 0 Å². The van der Waals surface area contributed by atoms with Gasteiger partial charge in [0.15, 0.2) is 0 Å². The first-order chi connectivity index (χ1) is 15.0. The molecule has 1 fully saturated rings. The lowest BCUT2D eigenvalue weighted by Gasteiger charge is -2.37. The van der Waals surface area contributed by atoms with Gasteiger partial charge < -0.3 is 16.0 Å². The van der Waals surface area contributed by atoms with Gasteiger partial charge >= 0.3 is 0 Å². The minimum absolute atomic E-state index is 0.0206. The topological polar surface area (TPSA) is 131 Å². The van der Waals surface area contributed by atoms with Crippen molar-refractivity contribution in [3.05, 3.63) is 60.2 Å². The Labute approximate surface area is 183 Å². The van der Waals surface area contributed by atoms with Crippen LogP contribution in [0.4, 0.5) is 20.3 Å². The average molecular weight is 461 g/mol. The van der Waals surface area contributed by atoms with Crippen LogP contribution in [0.25, 0.3) is 10.9 Å². The Hall–Kier alpha value is -3.15. The highest BCUT2D eigenvalue weighted by Gasteiger charge is 2.42. The highest BCUT2D eigenvalue weighted by atomic mass is 32.2. The zero-order valence-electron chi connectivity index (χ0n) is 16.8. The number of hydrogen-bond acceptors (Lipinski definition) is 6. The van der Waals surface area contributed by atoms with Crippen molar-refractivity contribution in [1.29, 1.82) is 0 Å². The second-order valence-corrected chi connectivity index (χ2v) is 9.20. The van der Waals surface area contributed by atoms with E-state index in [9.17, 15) is 22.0 Å². The van der Waals surface area contributed by atoms with Gasteiger partial charge in [0, 0.05) is 30.6 Å². The van der Waals surface area contributed by atoms with Crippen molar-refractivity contribution in [3.8, 4) is 0 Å². The fraction of sp³-hybridized carbons (Fsp3) is 0.238. The number of halogens is 2. The summed E-state index contributed by atoms with van der Waals surface area (Å²) >= 11 is 0. The fourth-order valence-corrected chi connectivity index (χ4v) is 4.15. The SMILES string of the molecule is N[C@@H]1CN(c2nc3ccccc3cc2C(=O)Nc2cccc(S(N)(=O)=O)c2)CCC1(F)F. The quantitative estimate of drug-likeness (QED) is 0.546. The normalized spacial score (nSPS) is 18.5. The molecule has 8 nitrogen and oxygen atoms in total. The predicted octanol–water partition coefficient (Wildman–Crippen LogP) is 2.31. The van der Waals surface area contributed by atoms with Crippen molar-refractivity contribution < 1.29 is 22.0 Å². The summed E-state index contributed by atoms with van der Waals surface area (Å²) in [7, 11) is -3.95. The monoisotopic (exact) mass is 461 g/mol. The molecule has 0 spiro atoms. The average Bonchev–Trinajstić information content (AvgIpc) is 2.74. The minimum Gasteiger partial charge on any atom is -0.354 e. The number of carbonyl (C=O) groups is 1. The number of nitrogens with two attached hydrogens (primary N) is 2. The lowest BCUT2D eigenvalue weighted by molar-refractivity contribution is -0.0394. The highest BCUT2D eigenvalue weighted by Crippen LogP contribution is 2.32. The third kappa shape index (κ3) is 4.40. The first-order valence-corrected chi connectivity index (χ1v) is 11.3. The molecule has 0 saturated carbocycles. The van der Waals surface area contributed by atoms with E-state index in [2.05, 4.69) is 10.3 Å². The number of rotatable bonds is 4.